The standard InChI is InChI=1S/C11H20O2/c1-8(2)7-9(3)11(13)6-5-10(4)12/h5-6,8-9,11,13H,7H2,1-4H3. The highest BCUT2D eigenvalue weighted by atomic mass is 16.3. The fourth-order valence-electron chi connectivity index (χ4n) is 1.31. The number of aliphatic hydroxyl groups excluding tert-OH is 1. The molecule has 2 unspecified atom stereocenters. The van der Waals surface area contributed by atoms with Gasteiger partial charge in [-0.05, 0) is 31.3 Å². The number of hydrogen-bond acceptors (Lipinski definition) is 2. The van der Waals surface area contributed by atoms with Crippen LogP contribution in [0, 0.1) is 11.8 Å². The molecule has 2 atom stereocenters. The van der Waals surface area contributed by atoms with E-state index >= 15 is 0 Å². The maximum absolute atomic E-state index is 10.6. The molecule has 0 spiro atoms. The number of carbonyl (C=O) groups excluding carboxylic acids is 1. The van der Waals surface area contributed by atoms with Crippen LogP contribution in [0.15, 0.2) is 12.2 Å². The van der Waals surface area contributed by atoms with Crippen LogP contribution >= 0.6 is 0 Å². The fourth-order valence-corrected chi connectivity index (χ4v) is 1.31. The Balaban J connectivity index is 3.95. The molecule has 0 saturated heterocycles. The Morgan fingerprint density at radius 3 is 2.31 bits per heavy atom. The maximum Gasteiger partial charge on any atom is 0.152 e. The first-order valence-corrected chi connectivity index (χ1v) is 4.80. The Morgan fingerprint density at radius 2 is 1.92 bits per heavy atom. The third-order valence-corrected chi connectivity index (χ3v) is 1.95. The van der Waals surface area contributed by atoms with Crippen molar-refractivity contribution in [1.29, 1.82) is 0 Å². The van der Waals surface area contributed by atoms with E-state index in [0.717, 1.165) is 6.42 Å². The van der Waals surface area contributed by atoms with Gasteiger partial charge in [-0.2, -0.15) is 0 Å². The molecular formula is C11H20O2. The first-order valence-electron chi connectivity index (χ1n) is 4.80. The minimum atomic E-state index is -0.494. The highest BCUT2D eigenvalue weighted by Crippen LogP contribution is 2.15. The molecule has 76 valence electrons. The maximum atomic E-state index is 10.6. The van der Waals surface area contributed by atoms with Crippen molar-refractivity contribution < 1.29 is 9.90 Å². The average molecular weight is 184 g/mol. The van der Waals surface area contributed by atoms with E-state index in [9.17, 15) is 9.90 Å². The van der Waals surface area contributed by atoms with Crippen LogP contribution in [0.5, 0.6) is 0 Å². The number of carbonyl (C=O) groups is 1. The van der Waals surface area contributed by atoms with Crippen molar-refractivity contribution in [3.63, 3.8) is 0 Å². The minimum absolute atomic E-state index is 0.0178. The molecule has 0 fully saturated rings. The normalized spacial score (nSPS) is 16.5. The molecule has 0 rings (SSSR count). The SMILES string of the molecule is CC(=O)C=CC(O)C(C)CC(C)C. The third kappa shape index (κ3) is 6.52. The molecule has 0 aromatic rings. The van der Waals surface area contributed by atoms with Crippen LogP contribution in [0.3, 0.4) is 0 Å². The van der Waals surface area contributed by atoms with E-state index in [1.807, 2.05) is 6.92 Å². The molecule has 0 bridgehead atoms. The minimum Gasteiger partial charge on any atom is -0.389 e. The van der Waals surface area contributed by atoms with Gasteiger partial charge in [0.05, 0.1) is 6.10 Å². The Labute approximate surface area is 80.7 Å². The number of allylic oxidation sites excluding steroid dienone is 1. The highest BCUT2D eigenvalue weighted by molar-refractivity contribution is 5.87. The zero-order chi connectivity index (χ0) is 10.4. The van der Waals surface area contributed by atoms with Crippen molar-refractivity contribution in [3.8, 4) is 0 Å². The molecule has 0 aliphatic heterocycles. The summed E-state index contributed by atoms with van der Waals surface area (Å²) < 4.78 is 0. The van der Waals surface area contributed by atoms with E-state index in [4.69, 9.17) is 0 Å². The summed E-state index contributed by atoms with van der Waals surface area (Å²) in [5.74, 6) is 0.779. The smallest absolute Gasteiger partial charge is 0.152 e. The predicted octanol–water partition coefficient (Wildman–Crippen LogP) is 2.17. The van der Waals surface area contributed by atoms with Crippen LogP contribution in [0.25, 0.3) is 0 Å². The molecule has 2 heteroatoms. The summed E-state index contributed by atoms with van der Waals surface area (Å²) in [6.45, 7) is 7.72. The van der Waals surface area contributed by atoms with Gasteiger partial charge in [-0.15, -0.1) is 0 Å². The lowest BCUT2D eigenvalue weighted by atomic mass is 9.93. The fraction of sp³-hybridized carbons (Fsp3) is 0.727. The van der Waals surface area contributed by atoms with E-state index < -0.39 is 6.10 Å². The lowest BCUT2D eigenvalue weighted by molar-refractivity contribution is -0.112. The van der Waals surface area contributed by atoms with Gasteiger partial charge in [-0.3, -0.25) is 4.79 Å². The Kier molecular flexibility index (Phi) is 5.63. The van der Waals surface area contributed by atoms with Crippen LogP contribution in [-0.2, 0) is 4.79 Å². The van der Waals surface area contributed by atoms with E-state index in [0.29, 0.717) is 5.92 Å². The zero-order valence-corrected chi connectivity index (χ0v) is 8.95. The quantitative estimate of drug-likeness (QED) is 0.665. The van der Waals surface area contributed by atoms with Gasteiger partial charge in [0.25, 0.3) is 0 Å². The van der Waals surface area contributed by atoms with Crippen LogP contribution in [0.1, 0.15) is 34.1 Å². The van der Waals surface area contributed by atoms with E-state index in [2.05, 4.69) is 13.8 Å². The summed E-state index contributed by atoms with van der Waals surface area (Å²) in [6, 6.07) is 0. The van der Waals surface area contributed by atoms with Crippen LogP contribution in [0.2, 0.25) is 0 Å². The first-order chi connectivity index (χ1) is 5.93. The molecule has 0 radical (unpaired) electrons. The van der Waals surface area contributed by atoms with E-state index in [1.165, 1.54) is 13.0 Å². The van der Waals surface area contributed by atoms with Gasteiger partial charge >= 0.3 is 0 Å². The summed E-state index contributed by atoms with van der Waals surface area (Å²) in [5, 5.41) is 9.58. The van der Waals surface area contributed by atoms with E-state index in [-0.39, 0.29) is 11.7 Å². The van der Waals surface area contributed by atoms with Gasteiger partial charge < -0.3 is 5.11 Å². The lowest BCUT2D eigenvalue weighted by Gasteiger charge is -2.17. The van der Waals surface area contributed by atoms with Crippen molar-refractivity contribution in [2.45, 2.75) is 40.2 Å². The van der Waals surface area contributed by atoms with Crippen LogP contribution < -0.4 is 0 Å². The number of rotatable bonds is 5. The number of ketones is 1. The van der Waals surface area contributed by atoms with Gasteiger partial charge in [-0.25, -0.2) is 0 Å². The van der Waals surface area contributed by atoms with Gasteiger partial charge in [0.15, 0.2) is 5.78 Å². The van der Waals surface area contributed by atoms with Gasteiger partial charge in [-0.1, -0.05) is 26.8 Å². The van der Waals surface area contributed by atoms with Gasteiger partial charge in [0, 0.05) is 0 Å². The van der Waals surface area contributed by atoms with Crippen LogP contribution in [0.4, 0.5) is 0 Å². The van der Waals surface area contributed by atoms with Crippen molar-refractivity contribution >= 4 is 5.78 Å². The average Bonchev–Trinajstić information content (AvgIpc) is 1.98. The molecule has 0 saturated carbocycles. The molecule has 0 aliphatic rings. The molecular weight excluding hydrogens is 164 g/mol. The Hall–Kier alpha value is -0.630. The highest BCUT2D eigenvalue weighted by Gasteiger charge is 2.12. The topological polar surface area (TPSA) is 37.3 Å². The van der Waals surface area contributed by atoms with Crippen LogP contribution in [-0.4, -0.2) is 17.0 Å². The molecule has 1 N–H and O–H groups in total. The second-order valence-electron chi connectivity index (χ2n) is 4.07. The second-order valence-corrected chi connectivity index (χ2v) is 4.07. The summed E-state index contributed by atoms with van der Waals surface area (Å²) >= 11 is 0. The second kappa shape index (κ2) is 5.92. The molecule has 2 nitrogen and oxygen atoms in total. The summed E-state index contributed by atoms with van der Waals surface area (Å²) in [7, 11) is 0. The number of aliphatic hydroxyl groups is 1. The van der Waals surface area contributed by atoms with Gasteiger partial charge in [0.1, 0.15) is 0 Å². The van der Waals surface area contributed by atoms with Gasteiger partial charge in [0.2, 0.25) is 0 Å². The third-order valence-electron chi connectivity index (χ3n) is 1.95. The lowest BCUT2D eigenvalue weighted by Crippen LogP contribution is -2.16. The largest absolute Gasteiger partial charge is 0.389 e. The Morgan fingerprint density at radius 1 is 1.38 bits per heavy atom. The first kappa shape index (κ1) is 12.4. The monoisotopic (exact) mass is 184 g/mol. The summed E-state index contributed by atoms with van der Waals surface area (Å²) in [5.41, 5.74) is 0. The molecule has 0 heterocycles. The zero-order valence-electron chi connectivity index (χ0n) is 8.95. The van der Waals surface area contributed by atoms with Crippen molar-refractivity contribution in [1.82, 2.24) is 0 Å². The summed E-state index contributed by atoms with van der Waals surface area (Å²) in [4.78, 5) is 10.6. The van der Waals surface area contributed by atoms with Crippen molar-refractivity contribution in [3.05, 3.63) is 12.2 Å². The predicted molar refractivity (Wildman–Crippen MR) is 54.4 cm³/mol. The summed E-state index contributed by atoms with van der Waals surface area (Å²) in [6.07, 6.45) is 3.49. The molecule has 13 heavy (non-hydrogen) atoms. The Bertz CT molecular complexity index is 183. The molecule has 0 aromatic carbocycles. The van der Waals surface area contributed by atoms with E-state index in [1.54, 1.807) is 6.08 Å². The number of hydrogen-bond donors (Lipinski definition) is 1. The van der Waals surface area contributed by atoms with Crippen molar-refractivity contribution in [2.24, 2.45) is 11.8 Å². The molecule has 0 amide bonds. The molecule has 0 aliphatic carbocycles. The van der Waals surface area contributed by atoms with Crippen molar-refractivity contribution in [2.75, 3.05) is 0 Å². The molecule has 0 aromatic heterocycles.